The number of benzene rings is 4. The van der Waals surface area contributed by atoms with Gasteiger partial charge in [-0.25, -0.2) is 0 Å². The molecule has 2 heteroatoms. The van der Waals surface area contributed by atoms with Gasteiger partial charge in [-0.2, -0.15) is 0 Å². The third-order valence-electron chi connectivity index (χ3n) is 6.40. The van der Waals surface area contributed by atoms with E-state index < -0.39 is 0 Å². The van der Waals surface area contributed by atoms with Crippen LogP contribution in [0.1, 0.15) is 47.9 Å². The van der Waals surface area contributed by atoms with E-state index in [0.29, 0.717) is 11.8 Å². The molecular formula is C28H22Cl2. The fraction of sp³-hybridized carbons (Fsp3) is 0.143. The summed E-state index contributed by atoms with van der Waals surface area (Å²) in [5, 5.41) is 1.59. The van der Waals surface area contributed by atoms with Gasteiger partial charge in [0.2, 0.25) is 0 Å². The van der Waals surface area contributed by atoms with Crippen LogP contribution in [0.4, 0.5) is 0 Å². The topological polar surface area (TPSA) is 0 Å². The number of hydrogen-bond acceptors (Lipinski definition) is 0. The fourth-order valence-corrected chi connectivity index (χ4v) is 5.21. The van der Waals surface area contributed by atoms with E-state index in [9.17, 15) is 0 Å². The van der Waals surface area contributed by atoms with Crippen LogP contribution in [0.15, 0.2) is 84.9 Å². The average Bonchev–Trinajstić information content (AvgIpc) is 3.21. The summed E-state index contributed by atoms with van der Waals surface area (Å²) in [6, 6.07) is 29.6. The molecule has 0 saturated carbocycles. The Kier molecular flexibility index (Phi) is 4.93. The van der Waals surface area contributed by atoms with Crippen LogP contribution in [0.3, 0.4) is 0 Å². The summed E-state index contributed by atoms with van der Waals surface area (Å²) in [4.78, 5) is 0. The number of halogens is 2. The smallest absolute Gasteiger partial charge is 0.0409 e. The zero-order valence-corrected chi connectivity index (χ0v) is 18.5. The second-order valence-corrected chi connectivity index (χ2v) is 8.95. The molecule has 4 aromatic rings. The van der Waals surface area contributed by atoms with Gasteiger partial charge in [-0.1, -0.05) is 97.7 Å². The molecule has 6 rings (SSSR count). The van der Waals surface area contributed by atoms with E-state index in [1.807, 2.05) is 12.1 Å². The molecule has 0 amide bonds. The summed E-state index contributed by atoms with van der Waals surface area (Å²) in [7, 11) is 0. The molecule has 0 nitrogen and oxygen atoms in total. The first-order valence-corrected chi connectivity index (χ1v) is 11.1. The summed E-state index contributed by atoms with van der Waals surface area (Å²) in [6.45, 7) is 4.47. The fourth-order valence-electron chi connectivity index (χ4n) is 4.85. The van der Waals surface area contributed by atoms with Crippen LogP contribution >= 0.6 is 23.2 Å². The molecule has 2 aliphatic rings. The van der Waals surface area contributed by atoms with Crippen molar-refractivity contribution in [3.05, 3.63) is 117 Å². The maximum atomic E-state index is 6.04. The van der Waals surface area contributed by atoms with E-state index in [2.05, 4.69) is 86.6 Å². The summed E-state index contributed by atoms with van der Waals surface area (Å²) in [5.74, 6) is 0.935. The average molecular weight is 429 g/mol. The van der Waals surface area contributed by atoms with Crippen molar-refractivity contribution < 1.29 is 0 Å². The predicted molar refractivity (Wildman–Crippen MR) is 129 cm³/mol. The number of fused-ring (bicyclic) bond motifs is 6. The maximum absolute atomic E-state index is 6.04. The molecule has 0 spiro atoms. The lowest BCUT2D eigenvalue weighted by Crippen LogP contribution is -1.89. The molecular weight excluding hydrogens is 407 g/mol. The van der Waals surface area contributed by atoms with Gasteiger partial charge in [-0.05, 0) is 68.8 Å². The third kappa shape index (κ3) is 3.16. The molecule has 0 unspecified atom stereocenters. The quantitative estimate of drug-likeness (QED) is 0.262. The second-order valence-electron chi connectivity index (χ2n) is 8.08. The Balaban J connectivity index is 0.000000130. The van der Waals surface area contributed by atoms with Crippen molar-refractivity contribution in [2.45, 2.75) is 25.7 Å². The molecule has 148 valence electrons. The van der Waals surface area contributed by atoms with Crippen LogP contribution in [0.25, 0.3) is 22.3 Å². The van der Waals surface area contributed by atoms with Crippen molar-refractivity contribution in [3.63, 3.8) is 0 Å². The highest BCUT2D eigenvalue weighted by molar-refractivity contribution is 6.31. The summed E-state index contributed by atoms with van der Waals surface area (Å²) < 4.78 is 0. The highest BCUT2D eigenvalue weighted by Crippen LogP contribution is 2.46. The zero-order chi connectivity index (χ0) is 20.8. The SMILES string of the molecule is CC1c2cc(Cl)ccc2-c2ccc(Cl)cc21.CC1c2ccccc2-c2ccccc21. The van der Waals surface area contributed by atoms with Gasteiger partial charge >= 0.3 is 0 Å². The Morgan fingerprint density at radius 2 is 0.833 bits per heavy atom. The van der Waals surface area contributed by atoms with Crippen LogP contribution in [0.2, 0.25) is 10.0 Å². The van der Waals surface area contributed by atoms with Gasteiger partial charge in [0.25, 0.3) is 0 Å². The van der Waals surface area contributed by atoms with Crippen LogP contribution < -0.4 is 0 Å². The molecule has 2 aliphatic carbocycles. The number of hydrogen-bond donors (Lipinski definition) is 0. The van der Waals surface area contributed by atoms with Gasteiger partial charge in [0.15, 0.2) is 0 Å². The minimum absolute atomic E-state index is 0.377. The normalized spacial score (nSPS) is 13.7. The van der Waals surface area contributed by atoms with Gasteiger partial charge in [0.05, 0.1) is 0 Å². The van der Waals surface area contributed by atoms with Crippen LogP contribution in [-0.2, 0) is 0 Å². The van der Waals surface area contributed by atoms with Crippen LogP contribution in [0.5, 0.6) is 0 Å². The molecule has 0 bridgehead atoms. The molecule has 0 aliphatic heterocycles. The Hall–Kier alpha value is -2.54. The molecule has 0 saturated heterocycles. The Morgan fingerprint density at radius 1 is 0.467 bits per heavy atom. The first-order chi connectivity index (χ1) is 14.5. The van der Waals surface area contributed by atoms with Gasteiger partial charge in [0.1, 0.15) is 0 Å². The molecule has 0 aromatic heterocycles. The highest BCUT2D eigenvalue weighted by atomic mass is 35.5. The maximum Gasteiger partial charge on any atom is 0.0409 e. The predicted octanol–water partition coefficient (Wildman–Crippen LogP) is 8.94. The van der Waals surface area contributed by atoms with E-state index in [1.54, 1.807) is 0 Å². The largest absolute Gasteiger partial charge is 0.0843 e. The summed E-state index contributed by atoms with van der Waals surface area (Å²) in [5.41, 5.74) is 10.9. The molecule has 0 radical (unpaired) electrons. The Labute approximate surface area is 188 Å². The first kappa shape index (κ1) is 19.4. The van der Waals surface area contributed by atoms with Crippen molar-refractivity contribution in [2.75, 3.05) is 0 Å². The van der Waals surface area contributed by atoms with E-state index in [0.717, 1.165) is 10.0 Å². The van der Waals surface area contributed by atoms with E-state index in [1.165, 1.54) is 44.5 Å². The monoisotopic (exact) mass is 428 g/mol. The highest BCUT2D eigenvalue weighted by Gasteiger charge is 2.25. The van der Waals surface area contributed by atoms with E-state index in [-0.39, 0.29) is 0 Å². The number of rotatable bonds is 0. The zero-order valence-electron chi connectivity index (χ0n) is 17.0. The lowest BCUT2D eigenvalue weighted by Gasteiger charge is -2.06. The van der Waals surface area contributed by atoms with Crippen LogP contribution in [0, 0.1) is 0 Å². The minimum Gasteiger partial charge on any atom is -0.0843 e. The van der Waals surface area contributed by atoms with Gasteiger partial charge in [0, 0.05) is 21.9 Å². The van der Waals surface area contributed by atoms with Crippen molar-refractivity contribution in [1.82, 2.24) is 0 Å². The minimum atomic E-state index is 0.377. The van der Waals surface area contributed by atoms with Crippen molar-refractivity contribution in [1.29, 1.82) is 0 Å². The molecule has 0 heterocycles. The van der Waals surface area contributed by atoms with Gasteiger partial charge in [-0.15, -0.1) is 0 Å². The van der Waals surface area contributed by atoms with Crippen molar-refractivity contribution in [3.8, 4) is 22.3 Å². The molecule has 0 fully saturated rings. The summed E-state index contributed by atoms with van der Waals surface area (Å²) in [6.07, 6.45) is 0. The lowest BCUT2D eigenvalue weighted by molar-refractivity contribution is 0.957. The van der Waals surface area contributed by atoms with E-state index >= 15 is 0 Å². The van der Waals surface area contributed by atoms with Gasteiger partial charge < -0.3 is 0 Å². The standard InChI is InChI=1S/C14H10Cl2.C14H12/c1-8-13-6-9(15)2-4-11(13)12-5-3-10(16)7-14(8)12;1-10-11-6-2-4-8-13(11)14-9-5-3-7-12(10)14/h2-8H,1H3;2-10H,1H3. The summed E-state index contributed by atoms with van der Waals surface area (Å²) >= 11 is 12.1. The van der Waals surface area contributed by atoms with E-state index in [4.69, 9.17) is 23.2 Å². The lowest BCUT2D eigenvalue weighted by atomic mass is 10.00. The van der Waals surface area contributed by atoms with Crippen molar-refractivity contribution >= 4 is 23.2 Å². The molecule has 4 aromatic carbocycles. The molecule has 30 heavy (non-hydrogen) atoms. The molecule has 0 N–H and O–H groups in total. The first-order valence-electron chi connectivity index (χ1n) is 10.3. The van der Waals surface area contributed by atoms with Gasteiger partial charge in [-0.3, -0.25) is 0 Å². The Morgan fingerprint density at radius 3 is 1.30 bits per heavy atom. The third-order valence-corrected chi connectivity index (χ3v) is 6.87. The van der Waals surface area contributed by atoms with Crippen LogP contribution in [-0.4, -0.2) is 0 Å². The van der Waals surface area contributed by atoms with Crippen molar-refractivity contribution in [2.24, 2.45) is 0 Å². The Bertz CT molecular complexity index is 1160. The second kappa shape index (κ2) is 7.61. The molecule has 0 atom stereocenters.